The number of carbonyl (C=O) groups is 1. The topological polar surface area (TPSA) is 51.5 Å². The van der Waals surface area contributed by atoms with Crippen LogP contribution in [0.2, 0.25) is 0 Å². The molecule has 3 aromatic rings. The largest absolute Gasteiger partial charge is 0.497 e. The van der Waals surface area contributed by atoms with Crippen LogP contribution in [0.1, 0.15) is 10.4 Å². The fourth-order valence-electron chi connectivity index (χ4n) is 2.53. The van der Waals surface area contributed by atoms with Crippen LogP contribution in [0.25, 0.3) is 22.0 Å². The van der Waals surface area contributed by atoms with Crippen molar-refractivity contribution in [2.45, 2.75) is 0 Å². The Labute approximate surface area is 122 Å². The molecule has 0 bridgehead atoms. The van der Waals surface area contributed by atoms with Gasteiger partial charge < -0.3 is 14.4 Å². The molecule has 0 aliphatic carbocycles. The molecule has 0 radical (unpaired) electrons. The monoisotopic (exact) mass is 281 g/mol. The minimum Gasteiger partial charge on any atom is -0.497 e. The summed E-state index contributed by atoms with van der Waals surface area (Å²) < 4.78 is 6.98. The molecule has 0 fully saturated rings. The van der Waals surface area contributed by atoms with Crippen LogP contribution in [-0.2, 0) is 7.05 Å². The molecule has 0 aliphatic heterocycles. The number of benzene rings is 2. The van der Waals surface area contributed by atoms with Crippen molar-refractivity contribution < 1.29 is 14.6 Å². The van der Waals surface area contributed by atoms with Crippen LogP contribution in [-0.4, -0.2) is 22.8 Å². The van der Waals surface area contributed by atoms with Gasteiger partial charge in [-0.2, -0.15) is 0 Å². The maximum Gasteiger partial charge on any atom is 0.337 e. The minimum absolute atomic E-state index is 0.322. The van der Waals surface area contributed by atoms with Gasteiger partial charge in [0.1, 0.15) is 5.75 Å². The maximum atomic E-state index is 11.3. The van der Waals surface area contributed by atoms with Gasteiger partial charge in [0.2, 0.25) is 0 Å². The zero-order valence-corrected chi connectivity index (χ0v) is 11.8. The number of aromatic nitrogens is 1. The molecule has 0 spiro atoms. The van der Waals surface area contributed by atoms with E-state index in [1.165, 1.54) is 0 Å². The molecule has 4 nitrogen and oxygen atoms in total. The summed E-state index contributed by atoms with van der Waals surface area (Å²) in [6, 6.07) is 13.6. The molecular formula is C17H15NO3. The van der Waals surface area contributed by atoms with Crippen molar-refractivity contribution in [2.75, 3.05) is 7.11 Å². The summed E-state index contributed by atoms with van der Waals surface area (Å²) in [5.74, 6) is -0.113. The van der Waals surface area contributed by atoms with Gasteiger partial charge in [0.05, 0.1) is 12.7 Å². The van der Waals surface area contributed by atoms with Gasteiger partial charge in [0.25, 0.3) is 0 Å². The Balaban J connectivity index is 2.15. The first-order valence-corrected chi connectivity index (χ1v) is 6.57. The van der Waals surface area contributed by atoms with E-state index in [4.69, 9.17) is 4.74 Å². The average molecular weight is 281 g/mol. The van der Waals surface area contributed by atoms with Gasteiger partial charge in [-0.1, -0.05) is 18.2 Å². The van der Waals surface area contributed by atoms with E-state index in [1.54, 1.807) is 13.3 Å². The number of aryl methyl sites for hydroxylation is 1. The summed E-state index contributed by atoms with van der Waals surface area (Å²) in [7, 11) is 3.48. The summed E-state index contributed by atoms with van der Waals surface area (Å²) in [6.07, 6.45) is 1.64. The smallest absolute Gasteiger partial charge is 0.337 e. The van der Waals surface area contributed by atoms with Gasteiger partial charge in [-0.3, -0.25) is 0 Å². The summed E-state index contributed by atoms with van der Waals surface area (Å²) in [5.41, 5.74) is 3.24. The van der Waals surface area contributed by atoms with Crippen LogP contribution in [0.4, 0.5) is 0 Å². The Hall–Kier alpha value is -2.75. The number of carboxylic acid groups (broad SMARTS) is 1. The number of nitrogens with zero attached hydrogens (tertiary/aromatic N) is 1. The first kappa shape index (κ1) is 13.2. The van der Waals surface area contributed by atoms with E-state index in [0.717, 1.165) is 27.8 Å². The second-order valence-corrected chi connectivity index (χ2v) is 4.92. The van der Waals surface area contributed by atoms with Crippen molar-refractivity contribution >= 4 is 16.9 Å². The van der Waals surface area contributed by atoms with Gasteiger partial charge in [-0.15, -0.1) is 0 Å². The predicted molar refractivity (Wildman–Crippen MR) is 81.9 cm³/mol. The summed E-state index contributed by atoms with van der Waals surface area (Å²) in [5, 5.41) is 10.0. The van der Waals surface area contributed by atoms with Gasteiger partial charge in [0, 0.05) is 24.1 Å². The number of methoxy groups -OCH3 is 1. The standard InChI is InChI=1S/C17H15NO3/c1-18-10-15(17(19)20)14-9-12(5-8-16(14)18)11-3-6-13(21-2)7-4-11/h3-10H,1-2H3,(H,19,20). The Bertz CT molecular complexity index is 816. The molecule has 106 valence electrons. The quantitative estimate of drug-likeness (QED) is 0.798. The van der Waals surface area contributed by atoms with Crippen molar-refractivity contribution in [1.82, 2.24) is 4.57 Å². The van der Waals surface area contributed by atoms with Crippen LogP contribution < -0.4 is 4.74 Å². The second kappa shape index (κ2) is 4.98. The molecule has 1 heterocycles. The normalized spacial score (nSPS) is 10.8. The molecular weight excluding hydrogens is 266 g/mol. The van der Waals surface area contributed by atoms with Gasteiger partial charge in [-0.25, -0.2) is 4.79 Å². The molecule has 3 rings (SSSR count). The zero-order chi connectivity index (χ0) is 15.0. The average Bonchev–Trinajstić information content (AvgIpc) is 2.84. The fourth-order valence-corrected chi connectivity index (χ4v) is 2.53. The number of carboxylic acids is 1. The summed E-state index contributed by atoms with van der Waals surface area (Å²) in [6.45, 7) is 0. The van der Waals surface area contributed by atoms with Crippen LogP contribution in [0, 0.1) is 0 Å². The highest BCUT2D eigenvalue weighted by Gasteiger charge is 2.13. The van der Waals surface area contributed by atoms with E-state index >= 15 is 0 Å². The van der Waals surface area contributed by atoms with Crippen molar-refractivity contribution in [3.8, 4) is 16.9 Å². The van der Waals surface area contributed by atoms with E-state index in [0.29, 0.717) is 5.56 Å². The van der Waals surface area contributed by atoms with Crippen molar-refractivity contribution in [3.63, 3.8) is 0 Å². The molecule has 0 saturated heterocycles. The third kappa shape index (κ3) is 2.25. The van der Waals surface area contributed by atoms with Gasteiger partial charge in [-0.05, 0) is 35.4 Å². The maximum absolute atomic E-state index is 11.3. The lowest BCUT2D eigenvalue weighted by atomic mass is 10.0. The molecule has 0 unspecified atom stereocenters. The Morgan fingerprint density at radius 2 is 1.76 bits per heavy atom. The molecule has 0 amide bonds. The SMILES string of the molecule is COc1ccc(-c2ccc3c(c2)c(C(=O)O)cn3C)cc1. The van der Waals surface area contributed by atoms with Crippen LogP contribution in [0.15, 0.2) is 48.7 Å². The molecule has 1 aromatic heterocycles. The molecule has 2 aromatic carbocycles. The highest BCUT2D eigenvalue weighted by molar-refractivity contribution is 6.04. The van der Waals surface area contributed by atoms with E-state index in [2.05, 4.69) is 0 Å². The van der Waals surface area contributed by atoms with E-state index in [1.807, 2.05) is 54.1 Å². The van der Waals surface area contributed by atoms with Crippen molar-refractivity contribution in [1.29, 1.82) is 0 Å². The van der Waals surface area contributed by atoms with E-state index in [-0.39, 0.29) is 0 Å². The molecule has 4 heteroatoms. The molecule has 0 atom stereocenters. The predicted octanol–water partition coefficient (Wildman–Crippen LogP) is 3.55. The van der Waals surface area contributed by atoms with Crippen LogP contribution in [0.5, 0.6) is 5.75 Å². The molecule has 1 N–H and O–H groups in total. The number of hydrogen-bond donors (Lipinski definition) is 1. The lowest BCUT2D eigenvalue weighted by Gasteiger charge is -2.05. The van der Waals surface area contributed by atoms with Crippen molar-refractivity contribution in [3.05, 3.63) is 54.2 Å². The molecule has 21 heavy (non-hydrogen) atoms. The first-order chi connectivity index (χ1) is 10.1. The second-order valence-electron chi connectivity index (χ2n) is 4.92. The van der Waals surface area contributed by atoms with Gasteiger partial charge >= 0.3 is 5.97 Å². The number of ether oxygens (including phenoxy) is 1. The first-order valence-electron chi connectivity index (χ1n) is 6.57. The number of hydrogen-bond acceptors (Lipinski definition) is 2. The third-order valence-corrected chi connectivity index (χ3v) is 3.64. The lowest BCUT2D eigenvalue weighted by molar-refractivity contribution is 0.0699. The number of aromatic carboxylic acids is 1. The highest BCUT2D eigenvalue weighted by Crippen LogP contribution is 2.28. The lowest BCUT2D eigenvalue weighted by Crippen LogP contribution is -1.94. The Morgan fingerprint density at radius 1 is 1.10 bits per heavy atom. The van der Waals surface area contributed by atoms with Crippen LogP contribution >= 0.6 is 0 Å². The van der Waals surface area contributed by atoms with E-state index in [9.17, 15) is 9.90 Å². The molecule has 0 saturated carbocycles. The highest BCUT2D eigenvalue weighted by atomic mass is 16.5. The molecule has 0 aliphatic rings. The van der Waals surface area contributed by atoms with Crippen molar-refractivity contribution in [2.24, 2.45) is 7.05 Å². The van der Waals surface area contributed by atoms with Crippen LogP contribution in [0.3, 0.4) is 0 Å². The van der Waals surface area contributed by atoms with E-state index < -0.39 is 5.97 Å². The fraction of sp³-hybridized carbons (Fsp3) is 0.118. The van der Waals surface area contributed by atoms with Gasteiger partial charge in [0.15, 0.2) is 0 Å². The number of rotatable bonds is 3. The third-order valence-electron chi connectivity index (χ3n) is 3.64. The Morgan fingerprint density at radius 3 is 2.38 bits per heavy atom. The summed E-state index contributed by atoms with van der Waals surface area (Å²) in [4.78, 5) is 11.3. The zero-order valence-electron chi connectivity index (χ0n) is 11.8. The summed E-state index contributed by atoms with van der Waals surface area (Å²) >= 11 is 0. The number of fused-ring (bicyclic) bond motifs is 1. The Kier molecular flexibility index (Phi) is 3.14. The minimum atomic E-state index is -0.910.